The molecule has 0 fully saturated rings. The molecule has 138 valence electrons. The van der Waals surface area contributed by atoms with E-state index >= 15 is 0 Å². The van der Waals surface area contributed by atoms with Crippen molar-refractivity contribution in [3.63, 3.8) is 0 Å². The van der Waals surface area contributed by atoms with Crippen LogP contribution < -0.4 is 9.47 Å². The van der Waals surface area contributed by atoms with Gasteiger partial charge in [-0.1, -0.05) is 12.1 Å². The maximum absolute atomic E-state index is 12.5. The van der Waals surface area contributed by atoms with Gasteiger partial charge in [-0.15, -0.1) is 0 Å². The smallest absolute Gasteiger partial charge is 0.312 e. The Hall–Kier alpha value is -3.10. The van der Waals surface area contributed by atoms with Crippen molar-refractivity contribution in [1.82, 2.24) is 14.7 Å². The molecule has 9 heteroatoms. The van der Waals surface area contributed by atoms with Crippen molar-refractivity contribution >= 4 is 11.6 Å². The summed E-state index contributed by atoms with van der Waals surface area (Å²) in [6.07, 6.45) is -0.284. The van der Waals surface area contributed by atoms with Gasteiger partial charge in [-0.2, -0.15) is 5.10 Å². The number of nitro groups is 1. The fourth-order valence-corrected chi connectivity index (χ4v) is 2.91. The summed E-state index contributed by atoms with van der Waals surface area (Å²) in [6.45, 7) is 3.76. The maximum atomic E-state index is 12.5. The third-order valence-corrected chi connectivity index (χ3v) is 4.28. The van der Waals surface area contributed by atoms with Crippen molar-refractivity contribution in [2.75, 3.05) is 20.2 Å². The van der Waals surface area contributed by atoms with Crippen molar-refractivity contribution in [2.45, 2.75) is 26.5 Å². The number of rotatable bonds is 5. The predicted molar refractivity (Wildman–Crippen MR) is 92.3 cm³/mol. The lowest BCUT2D eigenvalue weighted by Gasteiger charge is -2.29. The number of hydrogen-bond acceptors (Lipinski definition) is 6. The van der Waals surface area contributed by atoms with Gasteiger partial charge >= 0.3 is 5.69 Å². The molecule has 1 atom stereocenters. The van der Waals surface area contributed by atoms with E-state index in [0.717, 1.165) is 0 Å². The topological polar surface area (TPSA) is 99.7 Å². The molecule has 2 aromatic rings. The largest absolute Gasteiger partial charge is 0.486 e. The minimum absolute atomic E-state index is 0.0546. The van der Waals surface area contributed by atoms with Crippen molar-refractivity contribution in [3.05, 3.63) is 45.8 Å². The summed E-state index contributed by atoms with van der Waals surface area (Å²) in [5.74, 6) is 1.12. The van der Waals surface area contributed by atoms with Crippen LogP contribution >= 0.6 is 0 Å². The highest BCUT2D eigenvalue weighted by molar-refractivity contribution is 5.75. The van der Waals surface area contributed by atoms with Crippen LogP contribution in [0.15, 0.2) is 24.3 Å². The van der Waals surface area contributed by atoms with Gasteiger partial charge in [0, 0.05) is 7.05 Å². The normalized spacial score (nSPS) is 15.6. The first kappa shape index (κ1) is 17.7. The number of nitrogens with zero attached hydrogens (tertiary/aromatic N) is 4. The maximum Gasteiger partial charge on any atom is 0.312 e. The highest BCUT2D eigenvalue weighted by Crippen LogP contribution is 2.31. The van der Waals surface area contributed by atoms with Gasteiger partial charge in [0.15, 0.2) is 17.6 Å². The van der Waals surface area contributed by atoms with E-state index in [2.05, 4.69) is 5.10 Å². The number of para-hydroxylation sites is 2. The molecule has 1 amide bonds. The lowest BCUT2D eigenvalue weighted by Crippen LogP contribution is -2.42. The average Bonchev–Trinajstić information content (AvgIpc) is 2.88. The molecule has 0 bridgehead atoms. The zero-order valence-electron chi connectivity index (χ0n) is 14.8. The molecule has 0 aliphatic carbocycles. The van der Waals surface area contributed by atoms with Crippen molar-refractivity contribution in [3.8, 4) is 11.5 Å². The third-order valence-electron chi connectivity index (χ3n) is 4.28. The monoisotopic (exact) mass is 360 g/mol. The molecule has 26 heavy (non-hydrogen) atoms. The number of fused-ring (bicyclic) bond motifs is 1. The molecule has 1 aromatic heterocycles. The molecule has 0 spiro atoms. The van der Waals surface area contributed by atoms with Gasteiger partial charge in [-0.25, -0.2) is 0 Å². The second kappa shape index (κ2) is 7.03. The first-order valence-electron chi connectivity index (χ1n) is 8.17. The van der Waals surface area contributed by atoms with Gasteiger partial charge in [-0.3, -0.25) is 19.6 Å². The van der Waals surface area contributed by atoms with Gasteiger partial charge in [0.05, 0.1) is 11.5 Å². The Morgan fingerprint density at radius 1 is 1.38 bits per heavy atom. The van der Waals surface area contributed by atoms with Gasteiger partial charge in [0.25, 0.3) is 0 Å². The highest BCUT2D eigenvalue weighted by Gasteiger charge is 2.26. The molecular formula is C17H20N4O5. The summed E-state index contributed by atoms with van der Waals surface area (Å²) in [4.78, 5) is 24.6. The Balaban J connectivity index is 1.62. The van der Waals surface area contributed by atoms with E-state index < -0.39 is 4.92 Å². The third kappa shape index (κ3) is 3.46. The van der Waals surface area contributed by atoms with E-state index in [1.807, 2.05) is 24.3 Å². The predicted octanol–water partition coefficient (Wildman–Crippen LogP) is 1.71. The number of likely N-dealkylation sites (N-methyl/N-ethyl adjacent to an activating group) is 1. The van der Waals surface area contributed by atoms with Crippen molar-refractivity contribution in [1.29, 1.82) is 0 Å². The molecule has 1 aliphatic heterocycles. The minimum Gasteiger partial charge on any atom is -0.486 e. The van der Waals surface area contributed by atoms with Crippen LogP contribution in [0.25, 0.3) is 0 Å². The number of hydrogen-bond donors (Lipinski definition) is 0. The summed E-state index contributed by atoms with van der Waals surface area (Å²) >= 11 is 0. The van der Waals surface area contributed by atoms with Gasteiger partial charge < -0.3 is 14.4 Å². The van der Waals surface area contributed by atoms with Crippen LogP contribution in [0.2, 0.25) is 0 Å². The Bertz CT molecular complexity index is 848. The van der Waals surface area contributed by atoms with Crippen LogP contribution in [-0.2, 0) is 11.3 Å². The first-order chi connectivity index (χ1) is 12.4. The molecule has 0 radical (unpaired) electrons. The van der Waals surface area contributed by atoms with Crippen molar-refractivity contribution < 1.29 is 19.2 Å². The SMILES string of the molecule is Cc1nn(CC(=O)N(C)C[C@@H]2COc3ccccc3O2)c(C)c1[N+](=O)[O-]. The van der Waals surface area contributed by atoms with E-state index in [4.69, 9.17) is 9.47 Å². The summed E-state index contributed by atoms with van der Waals surface area (Å²) in [5.41, 5.74) is 0.602. The minimum atomic E-state index is -0.479. The van der Waals surface area contributed by atoms with E-state index in [0.29, 0.717) is 36.0 Å². The highest BCUT2D eigenvalue weighted by atomic mass is 16.6. The molecule has 0 unspecified atom stereocenters. The standard InChI is InChI=1S/C17H20N4O5/c1-11-17(21(23)24)12(2)20(18-11)9-16(22)19(3)8-13-10-25-14-6-4-5-7-15(14)26-13/h4-7,13H,8-10H2,1-3H3/t13-/m1/s1. The number of aryl methyl sites for hydroxylation is 1. The van der Waals surface area contributed by atoms with E-state index in [1.54, 1.807) is 20.9 Å². The molecule has 0 saturated heterocycles. The number of carbonyl (C=O) groups is 1. The lowest BCUT2D eigenvalue weighted by atomic mass is 10.2. The molecule has 0 saturated carbocycles. The van der Waals surface area contributed by atoms with E-state index in [9.17, 15) is 14.9 Å². The van der Waals surface area contributed by atoms with Crippen LogP contribution in [0.5, 0.6) is 11.5 Å². The number of carbonyl (C=O) groups excluding carboxylic acids is 1. The number of amides is 1. The summed E-state index contributed by atoms with van der Waals surface area (Å²) in [7, 11) is 1.66. The molecule has 9 nitrogen and oxygen atoms in total. The second-order valence-electron chi connectivity index (χ2n) is 6.21. The second-order valence-corrected chi connectivity index (χ2v) is 6.21. The summed E-state index contributed by atoms with van der Waals surface area (Å²) in [5, 5.41) is 15.2. The van der Waals surface area contributed by atoms with Crippen molar-refractivity contribution in [2.24, 2.45) is 0 Å². The van der Waals surface area contributed by atoms with Crippen LogP contribution in [0.4, 0.5) is 5.69 Å². The molecular weight excluding hydrogens is 340 g/mol. The van der Waals surface area contributed by atoms with Crippen LogP contribution in [0.1, 0.15) is 11.4 Å². The fourth-order valence-electron chi connectivity index (χ4n) is 2.91. The van der Waals surface area contributed by atoms with Gasteiger partial charge in [0.1, 0.15) is 24.5 Å². The molecule has 1 aliphatic rings. The first-order valence-corrected chi connectivity index (χ1v) is 8.17. The van der Waals surface area contributed by atoms with Crippen LogP contribution in [0.3, 0.4) is 0 Å². The van der Waals surface area contributed by atoms with Crippen LogP contribution in [0, 0.1) is 24.0 Å². The Labute approximate surface area is 150 Å². The van der Waals surface area contributed by atoms with Gasteiger partial charge in [0.2, 0.25) is 5.91 Å². The van der Waals surface area contributed by atoms with Crippen LogP contribution in [-0.4, -0.2) is 51.8 Å². The van der Waals surface area contributed by atoms with Gasteiger partial charge in [-0.05, 0) is 26.0 Å². The number of aromatic nitrogens is 2. The molecule has 3 rings (SSSR count). The molecule has 2 heterocycles. The molecule has 1 aromatic carbocycles. The molecule has 0 N–H and O–H groups in total. The number of benzene rings is 1. The van der Waals surface area contributed by atoms with E-state index in [1.165, 1.54) is 9.58 Å². The Morgan fingerprint density at radius 3 is 2.73 bits per heavy atom. The quantitative estimate of drug-likeness (QED) is 0.594. The number of ether oxygens (including phenoxy) is 2. The zero-order valence-corrected chi connectivity index (χ0v) is 14.8. The average molecular weight is 360 g/mol. The lowest BCUT2D eigenvalue weighted by molar-refractivity contribution is -0.386. The zero-order chi connectivity index (χ0) is 18.8. The Kier molecular flexibility index (Phi) is 4.79. The fraction of sp³-hybridized carbons (Fsp3) is 0.412. The summed E-state index contributed by atoms with van der Waals surface area (Å²) in [6, 6.07) is 7.37. The van der Waals surface area contributed by atoms with E-state index in [-0.39, 0.29) is 24.2 Å². The Morgan fingerprint density at radius 2 is 2.08 bits per heavy atom. The summed E-state index contributed by atoms with van der Waals surface area (Å²) < 4.78 is 12.9.